The molecular weight excluding hydrogens is 286 g/mol. The number of amides is 1. The molecule has 3 rings (SSSR count). The Morgan fingerprint density at radius 2 is 2.19 bits per heavy atom. The second kappa shape index (κ2) is 5.41. The number of thiophene rings is 1. The van der Waals surface area contributed by atoms with Crippen LogP contribution in [-0.4, -0.2) is 21.2 Å². The lowest BCUT2D eigenvalue weighted by atomic mass is 10.2. The van der Waals surface area contributed by atoms with Gasteiger partial charge in [0.15, 0.2) is 5.69 Å². The van der Waals surface area contributed by atoms with E-state index in [1.807, 2.05) is 24.4 Å². The Balaban J connectivity index is 1.81. The highest BCUT2D eigenvalue weighted by Gasteiger charge is 2.13. The molecule has 0 fully saturated rings. The van der Waals surface area contributed by atoms with Crippen LogP contribution in [0.15, 0.2) is 41.8 Å². The van der Waals surface area contributed by atoms with E-state index in [-0.39, 0.29) is 17.4 Å². The Hall–Kier alpha value is -2.60. The van der Waals surface area contributed by atoms with Crippen LogP contribution in [0.2, 0.25) is 0 Å². The minimum Gasteiger partial charge on any atom is -0.506 e. The molecule has 2 heterocycles. The number of rotatable bonds is 3. The molecule has 6 heteroatoms. The van der Waals surface area contributed by atoms with Crippen LogP contribution in [0.4, 0.5) is 5.69 Å². The fourth-order valence-corrected chi connectivity index (χ4v) is 2.62. The number of aryl methyl sites for hydroxylation is 1. The number of hydrogen-bond acceptors (Lipinski definition) is 4. The average Bonchev–Trinajstić information content (AvgIpc) is 3.12. The number of phenols is 1. The van der Waals surface area contributed by atoms with Crippen LogP contribution in [0.1, 0.15) is 16.1 Å². The minimum atomic E-state index is -0.366. The Morgan fingerprint density at radius 1 is 1.33 bits per heavy atom. The Bertz CT molecular complexity index is 778. The molecule has 0 aliphatic heterocycles. The number of nitrogens with zero attached hydrogens (tertiary/aromatic N) is 1. The maximum atomic E-state index is 12.2. The van der Waals surface area contributed by atoms with E-state index in [0.717, 1.165) is 16.1 Å². The van der Waals surface area contributed by atoms with Crippen molar-refractivity contribution in [1.82, 2.24) is 10.2 Å². The predicted octanol–water partition coefficient (Wildman–Crippen LogP) is 3.40. The summed E-state index contributed by atoms with van der Waals surface area (Å²) in [6, 6.07) is 10.6. The van der Waals surface area contributed by atoms with Crippen molar-refractivity contribution in [2.24, 2.45) is 0 Å². The molecule has 21 heavy (non-hydrogen) atoms. The second-order valence-electron chi connectivity index (χ2n) is 4.62. The van der Waals surface area contributed by atoms with Crippen molar-refractivity contribution in [2.45, 2.75) is 6.92 Å². The molecule has 0 saturated carbocycles. The van der Waals surface area contributed by atoms with Crippen molar-refractivity contribution in [2.75, 3.05) is 5.32 Å². The van der Waals surface area contributed by atoms with Crippen LogP contribution in [0.3, 0.4) is 0 Å². The average molecular weight is 299 g/mol. The number of aromatic nitrogens is 2. The molecule has 3 N–H and O–H groups in total. The third-order valence-electron chi connectivity index (χ3n) is 3.00. The zero-order chi connectivity index (χ0) is 14.8. The molecule has 0 atom stereocenters. The van der Waals surface area contributed by atoms with Gasteiger partial charge in [0.05, 0.1) is 16.3 Å². The highest BCUT2D eigenvalue weighted by atomic mass is 32.1. The first kappa shape index (κ1) is 13.4. The first-order chi connectivity index (χ1) is 10.1. The summed E-state index contributed by atoms with van der Waals surface area (Å²) < 4.78 is 0. The highest BCUT2D eigenvalue weighted by Crippen LogP contribution is 2.26. The monoisotopic (exact) mass is 299 g/mol. The Morgan fingerprint density at radius 3 is 2.95 bits per heavy atom. The largest absolute Gasteiger partial charge is 0.506 e. The van der Waals surface area contributed by atoms with Crippen molar-refractivity contribution in [3.63, 3.8) is 0 Å². The quantitative estimate of drug-likeness (QED) is 0.649. The molecular formula is C15H13N3O2S. The zero-order valence-corrected chi connectivity index (χ0v) is 12.1. The maximum Gasteiger partial charge on any atom is 0.276 e. The van der Waals surface area contributed by atoms with Crippen molar-refractivity contribution in [3.8, 4) is 16.3 Å². The van der Waals surface area contributed by atoms with E-state index in [1.165, 1.54) is 0 Å². The number of aromatic amines is 1. The van der Waals surface area contributed by atoms with E-state index in [9.17, 15) is 9.90 Å². The van der Waals surface area contributed by atoms with Gasteiger partial charge in [0.25, 0.3) is 5.91 Å². The van der Waals surface area contributed by atoms with Gasteiger partial charge in [-0.3, -0.25) is 9.89 Å². The number of H-pyrrole nitrogens is 1. The van der Waals surface area contributed by atoms with Crippen molar-refractivity contribution < 1.29 is 9.90 Å². The van der Waals surface area contributed by atoms with E-state index in [2.05, 4.69) is 15.5 Å². The van der Waals surface area contributed by atoms with Crippen molar-refractivity contribution in [1.29, 1.82) is 0 Å². The van der Waals surface area contributed by atoms with Gasteiger partial charge < -0.3 is 10.4 Å². The van der Waals surface area contributed by atoms with E-state index >= 15 is 0 Å². The normalized spacial score (nSPS) is 10.5. The SMILES string of the molecule is Cc1ccc(O)c(NC(=O)c2cc(-c3cccs3)[nH]n2)c1. The van der Waals surface area contributed by atoms with Gasteiger partial charge in [-0.05, 0) is 42.1 Å². The van der Waals surface area contributed by atoms with Crippen LogP contribution in [0, 0.1) is 6.92 Å². The summed E-state index contributed by atoms with van der Waals surface area (Å²) in [5, 5.41) is 21.2. The lowest BCUT2D eigenvalue weighted by molar-refractivity contribution is 0.102. The van der Waals surface area contributed by atoms with Crippen LogP contribution in [-0.2, 0) is 0 Å². The number of phenolic OH excluding ortho intramolecular Hbond substituents is 1. The zero-order valence-electron chi connectivity index (χ0n) is 11.3. The number of carbonyl (C=O) groups is 1. The standard InChI is InChI=1S/C15H13N3O2S/c1-9-4-5-13(19)10(7-9)16-15(20)12-8-11(17-18-12)14-3-2-6-21-14/h2-8,19H,1H3,(H,16,20)(H,17,18). The fourth-order valence-electron chi connectivity index (χ4n) is 1.93. The summed E-state index contributed by atoms with van der Waals surface area (Å²) in [6.45, 7) is 1.89. The van der Waals surface area contributed by atoms with Gasteiger partial charge in [-0.1, -0.05) is 12.1 Å². The molecule has 0 unspecified atom stereocenters. The Labute approximate surface area is 125 Å². The molecule has 0 aliphatic rings. The van der Waals surface area contributed by atoms with Gasteiger partial charge in [0.1, 0.15) is 5.75 Å². The fraction of sp³-hybridized carbons (Fsp3) is 0.0667. The molecule has 0 bridgehead atoms. The molecule has 1 amide bonds. The number of benzene rings is 1. The molecule has 0 aliphatic carbocycles. The summed E-state index contributed by atoms with van der Waals surface area (Å²) in [7, 11) is 0. The van der Waals surface area contributed by atoms with Gasteiger partial charge in [0, 0.05) is 0 Å². The molecule has 0 radical (unpaired) electrons. The summed E-state index contributed by atoms with van der Waals surface area (Å²) in [6.07, 6.45) is 0. The van der Waals surface area contributed by atoms with E-state index in [1.54, 1.807) is 35.6 Å². The third-order valence-corrected chi connectivity index (χ3v) is 3.90. The van der Waals surface area contributed by atoms with E-state index in [0.29, 0.717) is 5.69 Å². The number of aromatic hydroxyl groups is 1. The van der Waals surface area contributed by atoms with Gasteiger partial charge in [-0.2, -0.15) is 5.10 Å². The van der Waals surface area contributed by atoms with E-state index in [4.69, 9.17) is 0 Å². The molecule has 3 aromatic rings. The minimum absolute atomic E-state index is 0.0305. The molecule has 2 aromatic heterocycles. The van der Waals surface area contributed by atoms with Gasteiger partial charge in [0.2, 0.25) is 0 Å². The van der Waals surface area contributed by atoms with E-state index < -0.39 is 0 Å². The molecule has 1 aromatic carbocycles. The van der Waals surface area contributed by atoms with Crippen LogP contribution in [0.5, 0.6) is 5.75 Å². The summed E-state index contributed by atoms with van der Waals surface area (Å²) in [5.74, 6) is -0.335. The van der Waals surface area contributed by atoms with Crippen molar-refractivity contribution in [3.05, 3.63) is 53.0 Å². The van der Waals surface area contributed by atoms with Gasteiger partial charge in [-0.25, -0.2) is 0 Å². The van der Waals surface area contributed by atoms with Crippen LogP contribution < -0.4 is 5.32 Å². The smallest absolute Gasteiger partial charge is 0.276 e. The molecule has 0 saturated heterocycles. The predicted molar refractivity (Wildman–Crippen MR) is 82.7 cm³/mol. The maximum absolute atomic E-state index is 12.2. The lowest BCUT2D eigenvalue weighted by Crippen LogP contribution is -2.12. The lowest BCUT2D eigenvalue weighted by Gasteiger charge is -2.06. The van der Waals surface area contributed by atoms with Crippen molar-refractivity contribution >= 4 is 22.9 Å². The van der Waals surface area contributed by atoms with Gasteiger partial charge >= 0.3 is 0 Å². The van der Waals surface area contributed by atoms with Crippen LogP contribution in [0.25, 0.3) is 10.6 Å². The molecule has 106 valence electrons. The summed E-state index contributed by atoms with van der Waals surface area (Å²) in [4.78, 5) is 13.2. The summed E-state index contributed by atoms with van der Waals surface area (Å²) in [5.41, 5.74) is 2.40. The topological polar surface area (TPSA) is 78.0 Å². The number of hydrogen-bond donors (Lipinski definition) is 3. The third kappa shape index (κ3) is 2.80. The summed E-state index contributed by atoms with van der Waals surface area (Å²) >= 11 is 1.57. The molecule has 0 spiro atoms. The van der Waals surface area contributed by atoms with Crippen LogP contribution >= 0.6 is 11.3 Å². The second-order valence-corrected chi connectivity index (χ2v) is 5.57. The molecule has 5 nitrogen and oxygen atoms in total. The first-order valence-electron chi connectivity index (χ1n) is 6.34. The Kier molecular flexibility index (Phi) is 3.45. The highest BCUT2D eigenvalue weighted by molar-refractivity contribution is 7.13. The number of carbonyl (C=O) groups excluding carboxylic acids is 1. The number of anilines is 1. The van der Waals surface area contributed by atoms with Gasteiger partial charge in [-0.15, -0.1) is 11.3 Å². The number of nitrogens with one attached hydrogen (secondary N) is 2. The first-order valence-corrected chi connectivity index (χ1v) is 7.22.